The van der Waals surface area contributed by atoms with Crippen LogP contribution in [0.15, 0.2) is 91.4 Å². The van der Waals surface area contributed by atoms with Crippen molar-refractivity contribution >= 4 is 32.8 Å². The number of aryl methyl sites for hydroxylation is 2. The van der Waals surface area contributed by atoms with Crippen LogP contribution in [0.25, 0.3) is 44.3 Å². The molecule has 0 saturated heterocycles. The third-order valence-corrected chi connectivity index (χ3v) is 12.8. The van der Waals surface area contributed by atoms with Gasteiger partial charge in [0.05, 0.1) is 0 Å². The minimum atomic E-state index is -0.0530. The van der Waals surface area contributed by atoms with E-state index < -0.39 is 0 Å². The van der Waals surface area contributed by atoms with Crippen LogP contribution in [0.3, 0.4) is 0 Å². The summed E-state index contributed by atoms with van der Waals surface area (Å²) in [7, 11) is 2.09. The van der Waals surface area contributed by atoms with Crippen molar-refractivity contribution in [3.05, 3.63) is 112 Å². The van der Waals surface area contributed by atoms with Gasteiger partial charge < -0.3 is 0 Å². The first-order valence-corrected chi connectivity index (χ1v) is 17.3. The van der Waals surface area contributed by atoms with Gasteiger partial charge >= 0.3 is 193 Å². The standard InChI is InChI=1S/C40H39N5O.Pt/c1-25-17-18-42-35(19-25)45-33-16-15-30-37(39(4,5)40(6,7)38(30,2)3)36(33)29-14-13-27(21-34(29)45)46-28-20-26(22-41-23-28)44-24-43(8)31-11-9-10-12-32(31)44;/h9-23H,1-8H3;. The normalized spacial score (nSPS) is 16.3. The molecule has 1 aliphatic rings. The molecule has 0 radical (unpaired) electrons. The zero-order chi connectivity index (χ0) is 33.0. The molecule has 1 aliphatic carbocycles. The molecule has 0 amide bonds. The summed E-state index contributed by atoms with van der Waals surface area (Å²) in [5.74, 6) is 2.34. The summed E-state index contributed by atoms with van der Waals surface area (Å²) >= 11 is 2.37. The fraction of sp³-hybridized carbons (Fsp3) is 0.275. The van der Waals surface area contributed by atoms with Gasteiger partial charge in [-0.1, -0.05) is 47.6 Å². The summed E-state index contributed by atoms with van der Waals surface area (Å²) in [5.41, 5.74) is 9.52. The summed E-state index contributed by atoms with van der Waals surface area (Å²) < 4.78 is 14.4. The molecule has 0 fully saturated rings. The molecule has 240 valence electrons. The first kappa shape index (κ1) is 30.1. The number of imidazole rings is 1. The number of hydrogen-bond acceptors (Lipinski definition) is 3. The summed E-state index contributed by atoms with van der Waals surface area (Å²) in [6.45, 7) is 16.6. The number of nitrogens with zero attached hydrogens (tertiary/aromatic N) is 5. The van der Waals surface area contributed by atoms with E-state index in [1.54, 1.807) is 6.20 Å². The van der Waals surface area contributed by atoms with Crippen LogP contribution < -0.4 is 4.74 Å². The number of pyridine rings is 2. The second kappa shape index (κ2) is 10.1. The third-order valence-electron chi connectivity index (χ3n) is 11.6. The van der Waals surface area contributed by atoms with Gasteiger partial charge in [0, 0.05) is 6.20 Å². The first-order chi connectivity index (χ1) is 22.3. The van der Waals surface area contributed by atoms with Crippen LogP contribution in [0.2, 0.25) is 0 Å². The Balaban J connectivity index is 1.32. The fourth-order valence-electron chi connectivity index (χ4n) is 7.87. The molecule has 0 saturated carbocycles. The monoisotopic (exact) mass is 800 g/mol. The summed E-state index contributed by atoms with van der Waals surface area (Å²) in [6.07, 6.45) is 5.57. The van der Waals surface area contributed by atoms with Gasteiger partial charge in [-0.15, -0.1) is 0 Å². The Hall–Kier alpha value is -4.28. The van der Waals surface area contributed by atoms with Crippen LogP contribution in [0.1, 0.15) is 58.2 Å². The molecule has 6 nitrogen and oxygen atoms in total. The zero-order valence-electron chi connectivity index (χ0n) is 28.1. The second-order valence-electron chi connectivity index (χ2n) is 14.6. The minimum Gasteiger partial charge on any atom is -0.0582 e. The van der Waals surface area contributed by atoms with Crippen LogP contribution in [-0.2, 0) is 37.2 Å². The van der Waals surface area contributed by atoms with Crippen LogP contribution in [0.5, 0.6) is 11.5 Å². The molecule has 7 aromatic rings. The predicted molar refractivity (Wildman–Crippen MR) is 187 cm³/mol. The molecule has 4 aromatic heterocycles. The van der Waals surface area contributed by atoms with Crippen molar-refractivity contribution in [1.82, 2.24) is 23.7 Å². The number of ether oxygens (including phenoxy) is 1. The third kappa shape index (κ3) is 4.10. The number of fused-ring (bicyclic) bond motifs is 6. The molecule has 47 heavy (non-hydrogen) atoms. The average Bonchev–Trinajstić information content (AvgIpc) is 3.54. The van der Waals surface area contributed by atoms with E-state index in [1.165, 1.54) is 33.0 Å². The summed E-state index contributed by atoms with van der Waals surface area (Å²) in [5, 5.41) is 2.52. The Kier molecular flexibility index (Phi) is 6.47. The van der Waals surface area contributed by atoms with Crippen LogP contribution in [-0.4, -0.2) is 23.7 Å². The van der Waals surface area contributed by atoms with Gasteiger partial charge in [0.15, 0.2) is 0 Å². The SMILES string of the molecule is Cc1ccnc(-n2c3cc(Oc4cncc(-n5[c](=[Pt])n(C)c6ccccc65)c4)ccc3c3c4c(ccc32)C(C)(C)C(C)(C)C4(C)C)c1. The van der Waals surface area contributed by atoms with Crippen molar-refractivity contribution in [2.24, 2.45) is 12.5 Å². The maximum atomic E-state index is 6.60. The van der Waals surface area contributed by atoms with E-state index in [0.29, 0.717) is 5.75 Å². The molecule has 8 rings (SSSR count). The molecular weight excluding hydrogens is 762 g/mol. The Morgan fingerprint density at radius 1 is 0.723 bits per heavy atom. The van der Waals surface area contributed by atoms with E-state index in [-0.39, 0.29) is 16.2 Å². The summed E-state index contributed by atoms with van der Waals surface area (Å²) in [6, 6.07) is 25.8. The van der Waals surface area contributed by atoms with Crippen molar-refractivity contribution in [3.8, 4) is 23.0 Å². The molecule has 4 heterocycles. The van der Waals surface area contributed by atoms with Crippen molar-refractivity contribution in [3.63, 3.8) is 0 Å². The van der Waals surface area contributed by atoms with Crippen molar-refractivity contribution in [2.75, 3.05) is 0 Å². The topological polar surface area (TPSA) is 49.8 Å². The summed E-state index contributed by atoms with van der Waals surface area (Å²) in [4.78, 5) is 9.47. The van der Waals surface area contributed by atoms with Crippen LogP contribution in [0.4, 0.5) is 0 Å². The van der Waals surface area contributed by atoms with Gasteiger partial charge in [0.1, 0.15) is 0 Å². The fourth-order valence-corrected chi connectivity index (χ4v) is 8.71. The van der Waals surface area contributed by atoms with Crippen LogP contribution >= 0.6 is 0 Å². The Morgan fingerprint density at radius 2 is 1.49 bits per heavy atom. The number of para-hydroxylation sites is 2. The number of benzene rings is 3. The molecule has 0 atom stereocenters. The molecule has 0 N–H and O–H groups in total. The first-order valence-electron chi connectivity index (χ1n) is 16.1. The molecule has 0 bridgehead atoms. The Morgan fingerprint density at radius 3 is 2.26 bits per heavy atom. The number of aromatic nitrogens is 5. The average molecular weight is 801 g/mol. The number of hydrogen-bond donors (Lipinski definition) is 0. The van der Waals surface area contributed by atoms with Gasteiger partial charge in [0.2, 0.25) is 0 Å². The quantitative estimate of drug-likeness (QED) is 0.178. The van der Waals surface area contributed by atoms with Crippen molar-refractivity contribution in [2.45, 2.75) is 59.3 Å². The minimum absolute atomic E-state index is 0.0110. The smallest absolute Gasteiger partial charge is 0.0582 e. The van der Waals surface area contributed by atoms with Crippen LogP contribution in [0, 0.1) is 16.1 Å². The van der Waals surface area contributed by atoms with Gasteiger partial charge in [-0.2, -0.15) is 0 Å². The van der Waals surface area contributed by atoms with Gasteiger partial charge in [-0.25, -0.2) is 0 Å². The maximum absolute atomic E-state index is 6.60. The van der Waals surface area contributed by atoms with E-state index in [0.717, 1.165) is 37.6 Å². The molecule has 0 aliphatic heterocycles. The van der Waals surface area contributed by atoms with Gasteiger partial charge in [-0.05, 0) is 40.4 Å². The van der Waals surface area contributed by atoms with E-state index in [1.807, 2.05) is 18.5 Å². The van der Waals surface area contributed by atoms with Gasteiger partial charge in [-0.3, -0.25) is 0 Å². The Labute approximate surface area is 286 Å². The zero-order valence-corrected chi connectivity index (χ0v) is 30.4. The predicted octanol–water partition coefficient (Wildman–Crippen LogP) is 9.63. The number of rotatable bonds is 4. The second-order valence-corrected chi connectivity index (χ2v) is 15.6. The van der Waals surface area contributed by atoms with E-state index in [4.69, 9.17) is 9.72 Å². The van der Waals surface area contributed by atoms with Crippen molar-refractivity contribution < 1.29 is 24.1 Å². The Bertz CT molecular complexity index is 2480. The molecule has 0 spiro atoms. The molecule has 3 aromatic carbocycles. The van der Waals surface area contributed by atoms with E-state index in [9.17, 15) is 0 Å². The van der Waals surface area contributed by atoms with Crippen molar-refractivity contribution in [1.29, 1.82) is 0 Å². The molecular formula is C40H39N5OPt. The molecule has 0 unspecified atom stereocenters. The van der Waals surface area contributed by atoms with Gasteiger partial charge in [0.25, 0.3) is 0 Å². The van der Waals surface area contributed by atoms with E-state index >= 15 is 0 Å². The van der Waals surface area contributed by atoms with E-state index in [2.05, 4.69) is 160 Å². The molecule has 7 heteroatoms.